The van der Waals surface area contributed by atoms with Crippen molar-refractivity contribution >= 4 is 27.4 Å². The first-order valence-electron chi connectivity index (χ1n) is 3.71. The first kappa shape index (κ1) is 6.85. The number of hydrogen-bond acceptors (Lipinski definition) is 0. The molecule has 11 heavy (non-hydrogen) atoms. The Morgan fingerprint density at radius 2 is 1.73 bits per heavy atom. The minimum atomic E-state index is 1.05. The van der Waals surface area contributed by atoms with Gasteiger partial charge >= 0.3 is 16.5 Å². The topological polar surface area (TPSA) is 3.88 Å². The second-order valence-electron chi connectivity index (χ2n) is 2.68. The second kappa shape index (κ2) is 2.66. The Morgan fingerprint density at radius 3 is 2.55 bits per heavy atom. The van der Waals surface area contributed by atoms with Gasteiger partial charge in [0.15, 0.2) is 5.52 Å². The van der Waals surface area contributed by atoms with Crippen LogP contribution in [0, 0.1) is 0 Å². The zero-order valence-electron chi connectivity index (χ0n) is 6.49. The van der Waals surface area contributed by atoms with E-state index in [-0.39, 0.29) is 0 Å². The number of pyridine rings is 1. The largest absolute Gasteiger partial charge is 0.699 e. The molecule has 52 valence electrons. The maximum absolute atomic E-state index is 2.26. The van der Waals surface area contributed by atoms with Crippen molar-refractivity contribution in [3.05, 3.63) is 42.6 Å². The second-order valence-corrected chi connectivity index (χ2v) is 3.64. The van der Waals surface area contributed by atoms with Crippen molar-refractivity contribution in [1.29, 1.82) is 0 Å². The van der Waals surface area contributed by atoms with Gasteiger partial charge in [-0.1, -0.05) is 12.1 Å². The van der Waals surface area contributed by atoms with E-state index in [0.717, 1.165) is 16.5 Å². The Bertz CT molecular complexity index is 379. The van der Waals surface area contributed by atoms with E-state index in [1.165, 1.54) is 10.9 Å². The minimum absolute atomic E-state index is 1.05. The van der Waals surface area contributed by atoms with E-state index in [9.17, 15) is 0 Å². The molecule has 0 aliphatic heterocycles. The summed E-state index contributed by atoms with van der Waals surface area (Å²) < 4.78 is 2.26. The zero-order valence-corrected chi connectivity index (χ0v) is 8.49. The molecule has 0 atom stereocenters. The van der Waals surface area contributed by atoms with E-state index in [1.54, 1.807) is 0 Å². The van der Waals surface area contributed by atoms with Crippen molar-refractivity contribution in [1.82, 2.24) is 0 Å². The molecule has 2 heteroatoms. The van der Waals surface area contributed by atoms with E-state index >= 15 is 0 Å². The van der Waals surface area contributed by atoms with E-state index < -0.39 is 0 Å². The van der Waals surface area contributed by atoms with Crippen molar-refractivity contribution in [3.8, 4) is 0 Å². The molecule has 0 amide bonds. The summed E-state index contributed by atoms with van der Waals surface area (Å²) in [6.45, 7) is 0. The molecular formula is C9H9AlN+. The third-order valence-corrected chi connectivity index (χ3v) is 2.68. The summed E-state index contributed by atoms with van der Waals surface area (Å²) in [4.78, 5) is 0. The zero-order chi connectivity index (χ0) is 7.68. The molecule has 0 fully saturated rings. The highest BCUT2D eigenvalue weighted by Gasteiger charge is 1.98. The Morgan fingerprint density at radius 1 is 1.00 bits per heavy atom. The monoisotopic (exact) mass is 158 g/mol. The standard InChI is InChI=1S/C9H7N.Al.2H/c1-2-6-9-8(4-1)5-3-7-10-9;;;/h1-7H;;;/q;+1;;. The maximum atomic E-state index is 2.26. The van der Waals surface area contributed by atoms with Crippen LogP contribution in [0.5, 0.6) is 0 Å². The highest BCUT2D eigenvalue weighted by molar-refractivity contribution is 5.97. The Labute approximate surface area is 73.9 Å². The molecule has 0 aliphatic rings. The Kier molecular flexibility index (Phi) is 1.65. The smallest absolute Gasteiger partial charge is 0.396 e. The van der Waals surface area contributed by atoms with Crippen LogP contribution in [0.4, 0.5) is 0 Å². The van der Waals surface area contributed by atoms with E-state index in [0.29, 0.717) is 0 Å². The van der Waals surface area contributed by atoms with Gasteiger partial charge in [-0.2, -0.15) is 0 Å². The average Bonchev–Trinajstić information content (AvgIpc) is 2.06. The summed E-state index contributed by atoms with van der Waals surface area (Å²) in [7, 11) is 0. The lowest BCUT2D eigenvalue weighted by atomic mass is 10.2. The highest BCUT2D eigenvalue weighted by Crippen LogP contribution is 2.06. The van der Waals surface area contributed by atoms with Crippen LogP contribution in [-0.2, 0) is 0 Å². The number of benzene rings is 1. The van der Waals surface area contributed by atoms with Gasteiger partial charge in [0.2, 0.25) is 0 Å². The van der Waals surface area contributed by atoms with Gasteiger partial charge in [0.25, 0.3) is 0 Å². The SMILES string of the molecule is [AlH2][n+]1cccc2ccccc21. The third-order valence-electron chi connectivity index (χ3n) is 1.90. The number of hydrogen-bond donors (Lipinski definition) is 0. The fourth-order valence-corrected chi connectivity index (χ4v) is 1.89. The number of nitrogens with zero attached hydrogens (tertiary/aromatic N) is 1. The quantitative estimate of drug-likeness (QED) is 0.492. The number of para-hydroxylation sites is 1. The molecule has 0 spiro atoms. The van der Waals surface area contributed by atoms with Gasteiger partial charge in [0, 0.05) is 11.5 Å². The molecule has 1 heterocycles. The fraction of sp³-hybridized carbons (Fsp3) is 0. The molecule has 0 unspecified atom stereocenters. The lowest BCUT2D eigenvalue weighted by Crippen LogP contribution is -2.30. The molecule has 1 nitrogen and oxygen atoms in total. The summed E-state index contributed by atoms with van der Waals surface area (Å²) in [5.41, 5.74) is 1.33. The molecule has 0 aliphatic carbocycles. The van der Waals surface area contributed by atoms with Gasteiger partial charge in [-0.25, -0.2) is 0 Å². The number of rotatable bonds is 0. The van der Waals surface area contributed by atoms with Gasteiger partial charge in [-0.3, -0.25) is 0 Å². The predicted molar refractivity (Wildman–Crippen MR) is 48.1 cm³/mol. The van der Waals surface area contributed by atoms with Crippen molar-refractivity contribution in [3.63, 3.8) is 0 Å². The summed E-state index contributed by atoms with van der Waals surface area (Å²) in [6, 6.07) is 12.7. The average molecular weight is 158 g/mol. The molecule has 0 saturated heterocycles. The fourth-order valence-electron chi connectivity index (χ4n) is 1.31. The van der Waals surface area contributed by atoms with Crippen molar-refractivity contribution in [2.24, 2.45) is 0 Å². The molecular weight excluding hydrogens is 149 g/mol. The van der Waals surface area contributed by atoms with E-state index in [1.807, 2.05) is 0 Å². The minimum Gasteiger partial charge on any atom is -0.396 e. The van der Waals surface area contributed by atoms with Gasteiger partial charge in [-0.15, -0.1) is 0 Å². The van der Waals surface area contributed by atoms with E-state index in [2.05, 4.69) is 46.1 Å². The summed E-state index contributed by atoms with van der Waals surface area (Å²) in [5.74, 6) is 0. The molecule has 2 aromatic rings. The van der Waals surface area contributed by atoms with Crippen LogP contribution in [0.3, 0.4) is 0 Å². The Balaban J connectivity index is 2.91. The highest BCUT2D eigenvalue weighted by atomic mass is 27.1. The van der Waals surface area contributed by atoms with Crippen LogP contribution in [0.1, 0.15) is 0 Å². The number of fused-ring (bicyclic) bond motifs is 1. The predicted octanol–water partition coefficient (Wildman–Crippen LogP) is 0.523. The first-order valence-corrected chi connectivity index (χ1v) is 4.61. The molecule has 1 aromatic heterocycles. The van der Waals surface area contributed by atoms with Crippen molar-refractivity contribution < 1.29 is 3.55 Å². The molecule has 0 radical (unpaired) electrons. The summed E-state index contributed by atoms with van der Waals surface area (Å²) in [5, 5.41) is 1.32. The van der Waals surface area contributed by atoms with Gasteiger partial charge in [0.05, 0.1) is 0 Å². The molecule has 0 bridgehead atoms. The lowest BCUT2D eigenvalue weighted by molar-refractivity contribution is -0.491. The van der Waals surface area contributed by atoms with Crippen LogP contribution in [0.25, 0.3) is 10.9 Å². The molecule has 0 N–H and O–H groups in total. The molecule has 2 rings (SSSR count). The first-order chi connectivity index (χ1) is 5.38. The number of aromatic nitrogens is 1. The third kappa shape index (κ3) is 1.16. The maximum Gasteiger partial charge on any atom is 0.699 e. The van der Waals surface area contributed by atoms with Crippen LogP contribution in [0.2, 0.25) is 0 Å². The normalized spacial score (nSPS) is 10.2. The van der Waals surface area contributed by atoms with Crippen molar-refractivity contribution in [2.45, 2.75) is 0 Å². The summed E-state index contributed by atoms with van der Waals surface area (Å²) in [6.07, 6.45) is 2.12. The van der Waals surface area contributed by atoms with Crippen LogP contribution in [-0.4, -0.2) is 16.5 Å². The van der Waals surface area contributed by atoms with Crippen molar-refractivity contribution in [2.75, 3.05) is 0 Å². The van der Waals surface area contributed by atoms with Gasteiger partial charge in [0.1, 0.15) is 6.20 Å². The lowest BCUT2D eigenvalue weighted by Gasteiger charge is -1.96. The molecule has 0 saturated carbocycles. The van der Waals surface area contributed by atoms with Crippen LogP contribution < -0.4 is 3.55 Å². The van der Waals surface area contributed by atoms with Crippen LogP contribution in [0.15, 0.2) is 42.6 Å². The Hall–Kier alpha value is -0.838. The van der Waals surface area contributed by atoms with Gasteiger partial charge in [-0.05, 0) is 18.2 Å². The van der Waals surface area contributed by atoms with Gasteiger partial charge < -0.3 is 3.55 Å². The van der Waals surface area contributed by atoms with E-state index in [4.69, 9.17) is 0 Å². The summed E-state index contributed by atoms with van der Waals surface area (Å²) >= 11 is 1.05. The van der Waals surface area contributed by atoms with Crippen LogP contribution >= 0.6 is 0 Å². The molecule has 1 aromatic carbocycles.